The van der Waals surface area contributed by atoms with Gasteiger partial charge in [-0.2, -0.15) is 0 Å². The molecule has 2 rings (SSSR count). The van der Waals surface area contributed by atoms with Crippen molar-refractivity contribution in [2.45, 2.75) is 25.3 Å². The van der Waals surface area contributed by atoms with Crippen LogP contribution in [0, 0.1) is 5.92 Å². The number of methoxy groups -OCH3 is 1. The average Bonchev–Trinajstić information content (AvgIpc) is 3.23. The standard InChI is InChI=1S/C13H23N3O3/c1-13(14,10-3-4-10)12(18)16-7-5-15(6-8-16)11(17)9-19-2/h10H,3-9,14H2,1-2H3. The van der Waals surface area contributed by atoms with Gasteiger partial charge in [0.25, 0.3) is 0 Å². The molecule has 0 radical (unpaired) electrons. The zero-order valence-corrected chi connectivity index (χ0v) is 11.7. The smallest absolute Gasteiger partial charge is 0.248 e. The van der Waals surface area contributed by atoms with E-state index in [1.54, 1.807) is 9.80 Å². The lowest BCUT2D eigenvalue weighted by molar-refractivity contribution is -0.144. The van der Waals surface area contributed by atoms with E-state index in [0.29, 0.717) is 32.1 Å². The molecule has 1 unspecified atom stereocenters. The number of hydrogen-bond acceptors (Lipinski definition) is 4. The van der Waals surface area contributed by atoms with Crippen LogP contribution in [0.25, 0.3) is 0 Å². The Hall–Kier alpha value is -1.14. The lowest BCUT2D eigenvalue weighted by atomic mass is 9.95. The summed E-state index contributed by atoms with van der Waals surface area (Å²) in [7, 11) is 1.51. The fourth-order valence-corrected chi connectivity index (χ4v) is 2.57. The first-order valence-corrected chi connectivity index (χ1v) is 6.81. The van der Waals surface area contributed by atoms with E-state index < -0.39 is 5.54 Å². The number of nitrogens with zero attached hydrogens (tertiary/aromatic N) is 2. The topological polar surface area (TPSA) is 75.9 Å². The molecule has 2 N–H and O–H groups in total. The maximum atomic E-state index is 12.4. The lowest BCUT2D eigenvalue weighted by Crippen LogP contribution is -2.60. The van der Waals surface area contributed by atoms with Gasteiger partial charge in [0.05, 0.1) is 5.54 Å². The molecule has 0 spiro atoms. The van der Waals surface area contributed by atoms with Gasteiger partial charge < -0.3 is 20.3 Å². The van der Waals surface area contributed by atoms with Crippen molar-refractivity contribution in [3.63, 3.8) is 0 Å². The first kappa shape index (κ1) is 14.3. The van der Waals surface area contributed by atoms with E-state index in [9.17, 15) is 9.59 Å². The van der Waals surface area contributed by atoms with E-state index in [2.05, 4.69) is 0 Å². The fraction of sp³-hybridized carbons (Fsp3) is 0.846. The van der Waals surface area contributed by atoms with E-state index in [1.807, 2.05) is 6.92 Å². The maximum absolute atomic E-state index is 12.4. The molecular formula is C13H23N3O3. The van der Waals surface area contributed by atoms with E-state index >= 15 is 0 Å². The van der Waals surface area contributed by atoms with Crippen LogP contribution < -0.4 is 5.73 Å². The minimum atomic E-state index is -0.737. The Morgan fingerprint density at radius 1 is 1.21 bits per heavy atom. The van der Waals surface area contributed by atoms with Crippen molar-refractivity contribution in [2.75, 3.05) is 39.9 Å². The number of hydrogen-bond donors (Lipinski definition) is 1. The highest BCUT2D eigenvalue weighted by atomic mass is 16.5. The summed E-state index contributed by atoms with van der Waals surface area (Å²) in [4.78, 5) is 27.6. The number of ether oxygens (including phenoxy) is 1. The minimum Gasteiger partial charge on any atom is -0.375 e. The molecule has 1 atom stereocenters. The van der Waals surface area contributed by atoms with Crippen LogP contribution >= 0.6 is 0 Å². The number of piperazine rings is 1. The monoisotopic (exact) mass is 269 g/mol. The third-order valence-corrected chi connectivity index (χ3v) is 4.07. The van der Waals surface area contributed by atoms with Gasteiger partial charge in [0, 0.05) is 33.3 Å². The fourth-order valence-electron chi connectivity index (χ4n) is 2.57. The summed E-state index contributed by atoms with van der Waals surface area (Å²) in [6.45, 7) is 4.19. The van der Waals surface area contributed by atoms with Crippen molar-refractivity contribution in [2.24, 2.45) is 11.7 Å². The van der Waals surface area contributed by atoms with E-state index in [-0.39, 0.29) is 18.4 Å². The van der Waals surface area contributed by atoms with Crippen molar-refractivity contribution < 1.29 is 14.3 Å². The normalized spacial score (nSPS) is 23.1. The molecule has 19 heavy (non-hydrogen) atoms. The number of nitrogens with two attached hydrogens (primary N) is 1. The van der Waals surface area contributed by atoms with Gasteiger partial charge >= 0.3 is 0 Å². The molecule has 6 heteroatoms. The molecule has 2 aliphatic rings. The Morgan fingerprint density at radius 3 is 2.21 bits per heavy atom. The summed E-state index contributed by atoms with van der Waals surface area (Å²) < 4.78 is 4.83. The van der Waals surface area contributed by atoms with Gasteiger partial charge in [-0.3, -0.25) is 9.59 Å². The van der Waals surface area contributed by atoms with Crippen LogP contribution in [0.3, 0.4) is 0 Å². The second kappa shape index (κ2) is 5.46. The highest BCUT2D eigenvalue weighted by Gasteiger charge is 2.46. The summed E-state index contributed by atoms with van der Waals surface area (Å²) in [5, 5.41) is 0. The largest absolute Gasteiger partial charge is 0.375 e. The molecule has 0 aromatic carbocycles. The first-order chi connectivity index (χ1) is 8.96. The van der Waals surface area contributed by atoms with Crippen molar-refractivity contribution in [1.29, 1.82) is 0 Å². The van der Waals surface area contributed by atoms with Crippen molar-refractivity contribution in [1.82, 2.24) is 9.80 Å². The molecule has 0 bridgehead atoms. The highest BCUT2D eigenvalue weighted by molar-refractivity contribution is 5.87. The van der Waals surface area contributed by atoms with Gasteiger partial charge in [0.2, 0.25) is 11.8 Å². The predicted molar refractivity (Wildman–Crippen MR) is 70.4 cm³/mol. The number of carbonyl (C=O) groups is 2. The molecule has 1 aliphatic carbocycles. The molecule has 108 valence electrons. The number of rotatable bonds is 4. The van der Waals surface area contributed by atoms with Gasteiger partial charge in [-0.15, -0.1) is 0 Å². The van der Waals surface area contributed by atoms with E-state index in [1.165, 1.54) is 7.11 Å². The Balaban J connectivity index is 1.86. The summed E-state index contributed by atoms with van der Waals surface area (Å²) >= 11 is 0. The van der Waals surface area contributed by atoms with E-state index in [0.717, 1.165) is 12.8 Å². The average molecular weight is 269 g/mol. The third kappa shape index (κ3) is 3.06. The van der Waals surface area contributed by atoms with Gasteiger partial charge in [-0.25, -0.2) is 0 Å². The molecule has 1 aliphatic heterocycles. The quantitative estimate of drug-likeness (QED) is 0.741. The van der Waals surface area contributed by atoms with Crippen LogP contribution in [0.2, 0.25) is 0 Å². The third-order valence-electron chi connectivity index (χ3n) is 4.07. The zero-order valence-electron chi connectivity index (χ0n) is 11.7. The van der Waals surface area contributed by atoms with Gasteiger partial charge in [0.1, 0.15) is 6.61 Å². The maximum Gasteiger partial charge on any atom is 0.248 e. The molecule has 1 saturated carbocycles. The molecule has 2 fully saturated rings. The van der Waals surface area contributed by atoms with Crippen LogP contribution in [0.15, 0.2) is 0 Å². The lowest BCUT2D eigenvalue weighted by Gasteiger charge is -2.38. The molecule has 0 aromatic heterocycles. The number of amides is 2. The van der Waals surface area contributed by atoms with Crippen LogP contribution in [0.4, 0.5) is 0 Å². The van der Waals surface area contributed by atoms with Gasteiger partial charge in [-0.1, -0.05) is 0 Å². The summed E-state index contributed by atoms with van der Waals surface area (Å²) in [5.41, 5.74) is 5.41. The van der Waals surface area contributed by atoms with E-state index in [4.69, 9.17) is 10.5 Å². The zero-order chi connectivity index (χ0) is 14.0. The molecular weight excluding hydrogens is 246 g/mol. The molecule has 6 nitrogen and oxygen atoms in total. The molecule has 0 aromatic rings. The van der Waals surface area contributed by atoms with Gasteiger partial charge in [-0.05, 0) is 25.7 Å². The highest BCUT2D eigenvalue weighted by Crippen LogP contribution is 2.39. The second-order valence-electron chi connectivity index (χ2n) is 5.66. The summed E-state index contributed by atoms with van der Waals surface area (Å²) in [6, 6.07) is 0. The van der Waals surface area contributed by atoms with Crippen LogP contribution in [-0.2, 0) is 14.3 Å². The first-order valence-electron chi connectivity index (χ1n) is 6.81. The van der Waals surface area contributed by atoms with Gasteiger partial charge in [0.15, 0.2) is 0 Å². The van der Waals surface area contributed by atoms with Crippen LogP contribution in [-0.4, -0.2) is 67.0 Å². The summed E-state index contributed by atoms with van der Waals surface area (Å²) in [5.74, 6) is 0.328. The van der Waals surface area contributed by atoms with Crippen molar-refractivity contribution >= 4 is 11.8 Å². The Bertz CT molecular complexity index is 358. The Morgan fingerprint density at radius 2 is 1.74 bits per heavy atom. The van der Waals surface area contributed by atoms with Crippen molar-refractivity contribution in [3.05, 3.63) is 0 Å². The Labute approximate surface area is 113 Å². The Kier molecular flexibility index (Phi) is 4.10. The number of carbonyl (C=O) groups excluding carboxylic acids is 2. The molecule has 2 amide bonds. The summed E-state index contributed by atoms with van der Waals surface area (Å²) in [6.07, 6.45) is 2.09. The predicted octanol–water partition coefficient (Wildman–Crippen LogP) is -0.569. The second-order valence-corrected chi connectivity index (χ2v) is 5.66. The molecule has 1 heterocycles. The van der Waals surface area contributed by atoms with Crippen LogP contribution in [0.5, 0.6) is 0 Å². The molecule has 1 saturated heterocycles. The van der Waals surface area contributed by atoms with Crippen LogP contribution in [0.1, 0.15) is 19.8 Å². The minimum absolute atomic E-state index is 0.0210. The SMILES string of the molecule is COCC(=O)N1CCN(C(=O)C(C)(N)C2CC2)CC1. The van der Waals surface area contributed by atoms with Crippen molar-refractivity contribution in [3.8, 4) is 0 Å².